The quantitative estimate of drug-likeness (QED) is 0.699. The molecule has 1 amide bonds. The van der Waals surface area contributed by atoms with Crippen LogP contribution in [0.4, 0.5) is 13.2 Å². The maximum Gasteiger partial charge on any atom is 0.416 e. The molecule has 158 valence electrons. The highest BCUT2D eigenvalue weighted by molar-refractivity contribution is 5.99. The van der Waals surface area contributed by atoms with Crippen molar-refractivity contribution < 1.29 is 22.8 Å². The summed E-state index contributed by atoms with van der Waals surface area (Å²) in [7, 11) is 0. The summed E-state index contributed by atoms with van der Waals surface area (Å²) in [4.78, 5) is 24.4. The molecule has 1 aromatic carbocycles. The van der Waals surface area contributed by atoms with E-state index in [-0.39, 0.29) is 24.5 Å². The van der Waals surface area contributed by atoms with Crippen molar-refractivity contribution in [2.45, 2.75) is 44.5 Å². The smallest absolute Gasteiger partial charge is 0.390 e. The fraction of sp³-hybridized carbons (Fsp3) is 0.409. The minimum absolute atomic E-state index is 0.0166. The number of rotatable bonds is 6. The van der Waals surface area contributed by atoms with E-state index >= 15 is 0 Å². The van der Waals surface area contributed by atoms with E-state index in [1.807, 2.05) is 18.2 Å². The lowest BCUT2D eigenvalue weighted by atomic mass is 9.84. The summed E-state index contributed by atoms with van der Waals surface area (Å²) in [5, 5.41) is 4.12. The molecule has 2 aromatic rings. The van der Waals surface area contributed by atoms with Crippen LogP contribution >= 0.6 is 0 Å². The number of oxime groups is 1. The second-order valence-corrected chi connectivity index (χ2v) is 7.73. The zero-order valence-corrected chi connectivity index (χ0v) is 16.3. The maximum absolute atomic E-state index is 12.9. The Morgan fingerprint density at radius 1 is 1.13 bits per heavy atom. The van der Waals surface area contributed by atoms with Gasteiger partial charge >= 0.3 is 6.18 Å². The molecule has 30 heavy (non-hydrogen) atoms. The van der Waals surface area contributed by atoms with Crippen molar-refractivity contribution >= 4 is 11.6 Å². The summed E-state index contributed by atoms with van der Waals surface area (Å²) in [5.41, 5.74) is 1.42. The number of aromatic nitrogens is 1. The van der Waals surface area contributed by atoms with Crippen molar-refractivity contribution in [2.24, 2.45) is 11.1 Å². The van der Waals surface area contributed by atoms with Crippen LogP contribution in [0.2, 0.25) is 0 Å². The third kappa shape index (κ3) is 4.63. The van der Waals surface area contributed by atoms with Gasteiger partial charge in [-0.05, 0) is 42.7 Å². The van der Waals surface area contributed by atoms with Crippen molar-refractivity contribution in [3.8, 4) is 0 Å². The molecular formula is C22H22F3N3O2. The van der Waals surface area contributed by atoms with Crippen molar-refractivity contribution in [1.29, 1.82) is 0 Å². The summed E-state index contributed by atoms with van der Waals surface area (Å²) in [6.45, 7) is 0.572. The molecular weight excluding hydrogens is 395 g/mol. The zero-order chi connectivity index (χ0) is 21.1. The molecule has 0 N–H and O–H groups in total. The second kappa shape index (κ2) is 8.45. The molecule has 0 radical (unpaired) electrons. The first-order chi connectivity index (χ1) is 14.4. The Balaban J connectivity index is 1.44. The highest BCUT2D eigenvalue weighted by atomic mass is 19.4. The zero-order valence-electron chi connectivity index (χ0n) is 16.3. The molecule has 0 saturated heterocycles. The number of carbonyl (C=O) groups is 1. The first-order valence-electron chi connectivity index (χ1n) is 9.99. The number of hydrogen-bond acceptors (Lipinski definition) is 4. The van der Waals surface area contributed by atoms with Gasteiger partial charge in [0.15, 0.2) is 6.10 Å². The molecule has 1 aromatic heterocycles. The van der Waals surface area contributed by atoms with E-state index in [2.05, 4.69) is 10.1 Å². The summed E-state index contributed by atoms with van der Waals surface area (Å²) in [5.74, 6) is 0.00747. The largest absolute Gasteiger partial charge is 0.416 e. The van der Waals surface area contributed by atoms with E-state index < -0.39 is 11.7 Å². The van der Waals surface area contributed by atoms with Crippen LogP contribution in [0.15, 0.2) is 53.8 Å². The van der Waals surface area contributed by atoms with Crippen LogP contribution < -0.4 is 0 Å². The standard InChI is InChI=1S/C22H22F3N3O2/c23-22(24,25)17-9-7-15(8-10-17)13-28(21(29)16-4-3-5-16)14-18-12-20(27-30-18)19-6-1-2-11-26-19/h1-2,6-11,16,18H,3-5,12-14H2/t18-/m0/s1. The van der Waals surface area contributed by atoms with E-state index in [4.69, 9.17) is 4.84 Å². The van der Waals surface area contributed by atoms with E-state index in [1.165, 1.54) is 12.1 Å². The van der Waals surface area contributed by atoms with E-state index in [0.29, 0.717) is 18.5 Å². The average Bonchev–Trinajstić information content (AvgIpc) is 3.15. The van der Waals surface area contributed by atoms with Crippen LogP contribution in [-0.2, 0) is 22.4 Å². The number of carbonyl (C=O) groups excluding carboxylic acids is 1. The topological polar surface area (TPSA) is 54.8 Å². The molecule has 1 saturated carbocycles. The predicted molar refractivity (Wildman–Crippen MR) is 104 cm³/mol. The lowest BCUT2D eigenvalue weighted by Gasteiger charge is -2.32. The fourth-order valence-electron chi connectivity index (χ4n) is 3.62. The molecule has 0 unspecified atom stereocenters. The average molecular weight is 417 g/mol. The Morgan fingerprint density at radius 2 is 1.90 bits per heavy atom. The van der Waals surface area contributed by atoms with Gasteiger partial charge in [-0.2, -0.15) is 13.2 Å². The van der Waals surface area contributed by atoms with Crippen molar-refractivity contribution in [2.75, 3.05) is 6.54 Å². The highest BCUT2D eigenvalue weighted by Gasteiger charge is 2.34. The van der Waals surface area contributed by atoms with Gasteiger partial charge in [0.2, 0.25) is 5.91 Å². The third-order valence-electron chi connectivity index (χ3n) is 5.54. The highest BCUT2D eigenvalue weighted by Crippen LogP contribution is 2.31. The summed E-state index contributed by atoms with van der Waals surface area (Å²) < 4.78 is 38.5. The predicted octanol–water partition coefficient (Wildman–Crippen LogP) is 4.42. The minimum Gasteiger partial charge on any atom is -0.390 e. The molecule has 5 nitrogen and oxygen atoms in total. The normalized spacial score (nSPS) is 19.0. The Kier molecular flexibility index (Phi) is 5.74. The Hall–Kier alpha value is -2.90. The lowest BCUT2D eigenvalue weighted by Crippen LogP contribution is -2.42. The Morgan fingerprint density at radius 3 is 2.50 bits per heavy atom. The van der Waals surface area contributed by atoms with Gasteiger partial charge in [-0.3, -0.25) is 9.78 Å². The maximum atomic E-state index is 12.9. The van der Waals surface area contributed by atoms with Crippen LogP contribution in [0, 0.1) is 5.92 Å². The monoisotopic (exact) mass is 417 g/mol. The Labute approximate surface area is 172 Å². The van der Waals surface area contributed by atoms with Crippen LogP contribution in [0.25, 0.3) is 0 Å². The van der Waals surface area contributed by atoms with Gasteiger partial charge in [-0.1, -0.05) is 29.8 Å². The summed E-state index contributed by atoms with van der Waals surface area (Å²) in [6.07, 6.45) is 0.252. The van der Waals surface area contributed by atoms with Crippen molar-refractivity contribution in [3.05, 3.63) is 65.5 Å². The lowest BCUT2D eigenvalue weighted by molar-refractivity contribution is -0.141. The Bertz CT molecular complexity index is 909. The molecule has 4 rings (SSSR count). The van der Waals surface area contributed by atoms with Crippen molar-refractivity contribution in [3.63, 3.8) is 0 Å². The van der Waals surface area contributed by atoms with Gasteiger partial charge in [0.25, 0.3) is 0 Å². The molecule has 1 fully saturated rings. The van der Waals surface area contributed by atoms with Gasteiger partial charge < -0.3 is 9.74 Å². The van der Waals surface area contributed by atoms with Gasteiger partial charge in [-0.25, -0.2) is 0 Å². The van der Waals surface area contributed by atoms with Crippen molar-refractivity contribution in [1.82, 2.24) is 9.88 Å². The van der Waals surface area contributed by atoms with E-state index in [0.717, 1.165) is 42.8 Å². The number of nitrogens with zero attached hydrogens (tertiary/aromatic N) is 3. The SMILES string of the molecule is O=C(C1CCC1)N(Cc1ccc(C(F)(F)F)cc1)C[C@@H]1CC(c2ccccn2)=NO1. The molecule has 0 bridgehead atoms. The molecule has 1 aliphatic heterocycles. The third-order valence-corrected chi connectivity index (χ3v) is 5.54. The summed E-state index contributed by atoms with van der Waals surface area (Å²) in [6, 6.07) is 10.5. The number of alkyl halides is 3. The molecule has 0 spiro atoms. The molecule has 2 aliphatic rings. The molecule has 8 heteroatoms. The van der Waals surface area contributed by atoms with Crippen LogP contribution in [0.1, 0.15) is 42.5 Å². The second-order valence-electron chi connectivity index (χ2n) is 7.73. The molecule has 2 heterocycles. The van der Waals surface area contributed by atoms with E-state index in [9.17, 15) is 18.0 Å². The first kappa shape index (κ1) is 20.4. The fourth-order valence-corrected chi connectivity index (χ4v) is 3.62. The van der Waals surface area contributed by atoms with Gasteiger partial charge in [0, 0.05) is 25.1 Å². The van der Waals surface area contributed by atoms with Gasteiger partial charge in [0.1, 0.15) is 5.71 Å². The van der Waals surface area contributed by atoms with Crippen LogP contribution in [0.3, 0.4) is 0 Å². The van der Waals surface area contributed by atoms with Gasteiger partial charge in [-0.15, -0.1) is 0 Å². The summed E-state index contributed by atoms with van der Waals surface area (Å²) >= 11 is 0. The molecule has 1 atom stereocenters. The van der Waals surface area contributed by atoms with Crippen LogP contribution in [-0.4, -0.2) is 34.2 Å². The number of pyridine rings is 1. The minimum atomic E-state index is -4.38. The molecule has 1 aliphatic carbocycles. The number of benzene rings is 1. The number of amides is 1. The number of hydrogen-bond donors (Lipinski definition) is 0. The van der Waals surface area contributed by atoms with Crippen LogP contribution in [0.5, 0.6) is 0 Å². The van der Waals surface area contributed by atoms with E-state index in [1.54, 1.807) is 11.1 Å². The number of halogens is 3. The first-order valence-corrected chi connectivity index (χ1v) is 9.99. The van der Waals surface area contributed by atoms with Gasteiger partial charge in [0.05, 0.1) is 17.8 Å².